The molecule has 6 heteroatoms. The Labute approximate surface area is 73.6 Å². The van der Waals surface area contributed by atoms with E-state index < -0.39 is 19.8 Å². The molecule has 0 N–H and O–H groups in total. The third kappa shape index (κ3) is 3.68. The number of furan rings is 1. The first-order valence-electron chi connectivity index (χ1n) is 3.52. The summed E-state index contributed by atoms with van der Waals surface area (Å²) in [7, 11) is -0.182. The van der Waals surface area contributed by atoms with E-state index in [-0.39, 0.29) is 0 Å². The van der Waals surface area contributed by atoms with Gasteiger partial charge in [-0.05, 0) is 12.1 Å². The highest BCUT2D eigenvalue weighted by atomic mass is 28.3. The predicted molar refractivity (Wildman–Crippen MR) is 51.6 cm³/mol. The molecule has 1 aromatic rings. The zero-order chi connectivity index (χ0) is 7.94. The summed E-state index contributed by atoms with van der Waals surface area (Å²) in [5, 5.41) is 0. The molecular formula is C5H12O3Si3. The molecule has 1 rings (SSSR count). The smallest absolute Gasteiger partial charge is 0.282 e. The van der Waals surface area contributed by atoms with Crippen LogP contribution in [0.4, 0.5) is 0 Å². The van der Waals surface area contributed by atoms with E-state index in [4.69, 9.17) is 12.6 Å². The summed E-state index contributed by atoms with van der Waals surface area (Å²) in [4.78, 5) is 0. The van der Waals surface area contributed by atoms with Gasteiger partial charge in [-0.15, -0.1) is 0 Å². The summed E-state index contributed by atoms with van der Waals surface area (Å²) >= 11 is 0. The minimum Gasteiger partial charge on any atom is -0.470 e. The molecule has 0 atom stereocenters. The van der Waals surface area contributed by atoms with Crippen molar-refractivity contribution in [2.24, 2.45) is 0 Å². The molecule has 0 bridgehead atoms. The lowest BCUT2D eigenvalue weighted by molar-refractivity contribution is 0.489. The minimum absolute atomic E-state index is 0.403. The summed E-state index contributed by atoms with van der Waals surface area (Å²) in [6.45, 7) is 0. The van der Waals surface area contributed by atoms with Crippen LogP contribution in [0.5, 0.6) is 0 Å². The Balaban J connectivity index is 2.04. The van der Waals surface area contributed by atoms with Crippen molar-refractivity contribution in [3.63, 3.8) is 0 Å². The second kappa shape index (κ2) is 5.49. The average Bonchev–Trinajstić information content (AvgIpc) is 2.50. The largest absolute Gasteiger partial charge is 0.470 e. The Kier molecular flexibility index (Phi) is 4.47. The van der Waals surface area contributed by atoms with Crippen molar-refractivity contribution >= 4 is 30.3 Å². The lowest BCUT2D eigenvalue weighted by Gasteiger charge is -1.98. The van der Waals surface area contributed by atoms with Crippen molar-refractivity contribution in [3.05, 3.63) is 24.2 Å². The predicted octanol–water partition coefficient (Wildman–Crippen LogP) is -1.82. The van der Waals surface area contributed by atoms with Crippen molar-refractivity contribution < 1.29 is 12.6 Å². The molecule has 0 aromatic carbocycles. The van der Waals surface area contributed by atoms with Gasteiger partial charge in [0.2, 0.25) is 0 Å². The first-order valence-corrected chi connectivity index (χ1v) is 7.07. The summed E-state index contributed by atoms with van der Waals surface area (Å²) < 4.78 is 15.6. The van der Waals surface area contributed by atoms with Crippen LogP contribution < -0.4 is 0 Å². The summed E-state index contributed by atoms with van der Waals surface area (Å²) in [5.74, 6) is 1.04. The quantitative estimate of drug-likeness (QED) is 0.418. The Morgan fingerprint density at radius 3 is 3.18 bits per heavy atom. The standard InChI is InChI=1S/C5H12O3Si3/c9-7-11-8-10-4-5-2-1-3-6-5/h1-3H,4,10-11H2,9H3. The van der Waals surface area contributed by atoms with Crippen molar-refractivity contribution in [1.82, 2.24) is 0 Å². The zero-order valence-electron chi connectivity index (χ0n) is 6.58. The molecule has 1 heterocycles. The first-order chi connectivity index (χ1) is 5.43. The topological polar surface area (TPSA) is 31.6 Å². The van der Waals surface area contributed by atoms with Crippen LogP contribution in [0.2, 0.25) is 0 Å². The van der Waals surface area contributed by atoms with E-state index in [1.165, 1.54) is 0 Å². The molecule has 0 spiro atoms. The van der Waals surface area contributed by atoms with Crippen LogP contribution in [0, 0.1) is 0 Å². The normalized spacial score (nSPS) is 12.7. The molecule has 11 heavy (non-hydrogen) atoms. The minimum atomic E-state index is -0.596. The molecule has 0 saturated heterocycles. The van der Waals surface area contributed by atoms with E-state index in [9.17, 15) is 0 Å². The molecule has 1 aromatic heterocycles. The molecule has 0 radical (unpaired) electrons. The van der Waals surface area contributed by atoms with Crippen LogP contribution in [0.15, 0.2) is 22.8 Å². The maximum Gasteiger partial charge on any atom is 0.282 e. The van der Waals surface area contributed by atoms with Crippen molar-refractivity contribution in [2.75, 3.05) is 0 Å². The fourth-order valence-corrected chi connectivity index (χ4v) is 4.47. The molecule has 0 amide bonds. The zero-order valence-corrected chi connectivity index (χ0v) is 11.4. The van der Waals surface area contributed by atoms with Crippen LogP contribution in [0.1, 0.15) is 5.76 Å². The van der Waals surface area contributed by atoms with Gasteiger partial charge in [-0.2, -0.15) is 0 Å². The molecule has 0 fully saturated rings. The van der Waals surface area contributed by atoms with Crippen LogP contribution in [-0.4, -0.2) is 30.3 Å². The van der Waals surface area contributed by atoms with E-state index in [1.54, 1.807) is 6.26 Å². The third-order valence-electron chi connectivity index (χ3n) is 1.27. The number of hydrogen-bond donors (Lipinski definition) is 0. The number of rotatable bonds is 5. The van der Waals surface area contributed by atoms with Crippen LogP contribution >= 0.6 is 0 Å². The van der Waals surface area contributed by atoms with E-state index in [0.717, 1.165) is 22.3 Å². The van der Waals surface area contributed by atoms with Gasteiger partial charge in [0.15, 0.2) is 9.76 Å². The van der Waals surface area contributed by atoms with Gasteiger partial charge >= 0.3 is 0 Å². The molecule has 62 valence electrons. The Hall–Kier alpha value is -0.149. The van der Waals surface area contributed by atoms with Gasteiger partial charge in [-0.1, -0.05) is 0 Å². The SMILES string of the molecule is [SiH3]O[SiH2]O[SiH2]Cc1ccco1. The summed E-state index contributed by atoms with van der Waals surface area (Å²) in [6, 6.07) is 4.88. The molecule has 0 aliphatic heterocycles. The van der Waals surface area contributed by atoms with Gasteiger partial charge in [0.05, 0.1) is 6.26 Å². The molecule has 0 unspecified atom stereocenters. The number of hydrogen-bond acceptors (Lipinski definition) is 3. The fraction of sp³-hybridized carbons (Fsp3) is 0.200. The van der Waals surface area contributed by atoms with Gasteiger partial charge in [0.25, 0.3) is 10.0 Å². The maximum atomic E-state index is 5.39. The third-order valence-corrected chi connectivity index (χ3v) is 4.74. The highest BCUT2D eigenvalue weighted by Gasteiger charge is 1.95. The Morgan fingerprint density at radius 2 is 2.55 bits per heavy atom. The van der Waals surface area contributed by atoms with Gasteiger partial charge in [-0.25, -0.2) is 0 Å². The average molecular weight is 204 g/mol. The monoisotopic (exact) mass is 204 g/mol. The fourth-order valence-electron chi connectivity index (χ4n) is 0.770. The maximum absolute atomic E-state index is 5.39. The van der Waals surface area contributed by atoms with Gasteiger partial charge in [0, 0.05) is 6.04 Å². The summed E-state index contributed by atoms with van der Waals surface area (Å²) in [6.07, 6.45) is 1.70. The van der Waals surface area contributed by atoms with E-state index in [0.29, 0.717) is 0 Å². The van der Waals surface area contributed by atoms with E-state index in [1.807, 2.05) is 12.1 Å². The highest BCUT2D eigenvalue weighted by Crippen LogP contribution is 1.99. The highest BCUT2D eigenvalue weighted by molar-refractivity contribution is 6.41. The van der Waals surface area contributed by atoms with Crippen molar-refractivity contribution in [3.8, 4) is 0 Å². The van der Waals surface area contributed by atoms with E-state index >= 15 is 0 Å². The van der Waals surface area contributed by atoms with E-state index in [2.05, 4.69) is 0 Å². The van der Waals surface area contributed by atoms with Crippen molar-refractivity contribution in [2.45, 2.75) is 6.04 Å². The molecular weight excluding hydrogens is 192 g/mol. The van der Waals surface area contributed by atoms with Crippen LogP contribution in [-0.2, 0) is 14.3 Å². The second-order valence-electron chi connectivity index (χ2n) is 2.14. The Bertz CT molecular complexity index is 177. The lowest BCUT2D eigenvalue weighted by atomic mass is 10.5. The van der Waals surface area contributed by atoms with Gasteiger partial charge < -0.3 is 12.6 Å². The lowest BCUT2D eigenvalue weighted by Crippen LogP contribution is -2.08. The van der Waals surface area contributed by atoms with Crippen LogP contribution in [0.25, 0.3) is 0 Å². The molecule has 0 saturated carbocycles. The van der Waals surface area contributed by atoms with Gasteiger partial charge in [-0.3, -0.25) is 0 Å². The Morgan fingerprint density at radius 1 is 1.64 bits per heavy atom. The summed E-state index contributed by atoms with van der Waals surface area (Å²) in [5.41, 5.74) is 0. The van der Waals surface area contributed by atoms with Crippen molar-refractivity contribution in [1.29, 1.82) is 0 Å². The molecule has 0 aliphatic carbocycles. The van der Waals surface area contributed by atoms with Crippen LogP contribution in [0.3, 0.4) is 0 Å². The molecule has 0 aliphatic rings. The van der Waals surface area contributed by atoms with Gasteiger partial charge in [0.1, 0.15) is 16.2 Å². The molecule has 3 nitrogen and oxygen atoms in total. The first kappa shape index (κ1) is 8.94. The second-order valence-corrected chi connectivity index (χ2v) is 7.23.